The Morgan fingerprint density at radius 3 is 2.89 bits per heavy atom. The summed E-state index contributed by atoms with van der Waals surface area (Å²) in [6.07, 6.45) is 2.51. The van der Waals surface area contributed by atoms with Crippen LogP contribution in [0.1, 0.15) is 35.2 Å². The maximum Gasteiger partial charge on any atom is 0.347 e. The quantitative estimate of drug-likeness (QED) is 0.748. The van der Waals surface area contributed by atoms with E-state index in [9.17, 15) is 9.59 Å². The summed E-state index contributed by atoms with van der Waals surface area (Å²) in [6.45, 7) is 0.424. The van der Waals surface area contributed by atoms with Crippen molar-refractivity contribution in [3.05, 3.63) is 29.3 Å². The second-order valence-corrected chi connectivity index (χ2v) is 4.66. The molecule has 3 rings (SSSR count). The molecule has 0 N–H and O–H groups in total. The van der Waals surface area contributed by atoms with Crippen molar-refractivity contribution in [2.75, 3.05) is 6.61 Å². The second-order valence-electron chi connectivity index (χ2n) is 4.66. The summed E-state index contributed by atoms with van der Waals surface area (Å²) >= 11 is 0. The summed E-state index contributed by atoms with van der Waals surface area (Å²) in [5.41, 5.74) is 1.82. The Kier molecular flexibility index (Phi) is 2.78. The topological polar surface area (TPSA) is 52.6 Å². The Morgan fingerprint density at radius 2 is 2.11 bits per heavy atom. The third kappa shape index (κ3) is 1.98. The van der Waals surface area contributed by atoms with E-state index in [4.69, 9.17) is 9.47 Å². The number of cyclic esters (lactones) is 1. The molecule has 18 heavy (non-hydrogen) atoms. The monoisotopic (exact) mass is 246 g/mol. The maximum atomic E-state index is 11.7. The van der Waals surface area contributed by atoms with Crippen molar-refractivity contribution in [3.8, 4) is 5.75 Å². The molecule has 0 saturated carbocycles. The summed E-state index contributed by atoms with van der Waals surface area (Å²) < 4.78 is 10.5. The Morgan fingerprint density at radius 1 is 1.22 bits per heavy atom. The van der Waals surface area contributed by atoms with Crippen LogP contribution >= 0.6 is 0 Å². The zero-order valence-corrected chi connectivity index (χ0v) is 9.98. The molecule has 1 unspecified atom stereocenters. The van der Waals surface area contributed by atoms with E-state index in [0.29, 0.717) is 25.2 Å². The average Bonchev–Trinajstić information content (AvgIpc) is 2.75. The molecule has 2 aliphatic rings. The predicted molar refractivity (Wildman–Crippen MR) is 63.7 cm³/mol. The summed E-state index contributed by atoms with van der Waals surface area (Å²) in [5, 5.41) is 0. The van der Waals surface area contributed by atoms with Crippen LogP contribution in [0.3, 0.4) is 0 Å². The van der Waals surface area contributed by atoms with Crippen molar-refractivity contribution >= 4 is 11.8 Å². The van der Waals surface area contributed by atoms with Gasteiger partial charge in [-0.25, -0.2) is 4.79 Å². The Bertz CT molecular complexity index is 507. The normalized spacial score (nSPS) is 22.6. The lowest BCUT2D eigenvalue weighted by Gasteiger charge is -2.17. The fourth-order valence-electron chi connectivity index (χ4n) is 2.44. The molecule has 94 valence electrons. The van der Waals surface area contributed by atoms with E-state index in [1.807, 2.05) is 6.07 Å². The van der Waals surface area contributed by atoms with Crippen LogP contribution in [-0.2, 0) is 16.0 Å². The van der Waals surface area contributed by atoms with Crippen LogP contribution in [0.2, 0.25) is 0 Å². The minimum absolute atomic E-state index is 0.197. The van der Waals surface area contributed by atoms with Crippen molar-refractivity contribution in [2.45, 2.75) is 31.8 Å². The molecule has 1 heterocycles. The van der Waals surface area contributed by atoms with Gasteiger partial charge in [-0.1, -0.05) is 0 Å². The smallest absolute Gasteiger partial charge is 0.347 e. The fourth-order valence-corrected chi connectivity index (χ4v) is 2.44. The number of rotatable bonds is 2. The van der Waals surface area contributed by atoms with Gasteiger partial charge < -0.3 is 9.47 Å². The molecule has 0 amide bonds. The number of hydrogen-bond acceptors (Lipinski definition) is 4. The highest BCUT2D eigenvalue weighted by Gasteiger charge is 2.28. The van der Waals surface area contributed by atoms with Gasteiger partial charge >= 0.3 is 5.97 Å². The molecule has 0 spiro atoms. The molecular weight excluding hydrogens is 232 g/mol. The van der Waals surface area contributed by atoms with E-state index in [2.05, 4.69) is 0 Å². The number of ketones is 1. The second kappa shape index (κ2) is 4.44. The van der Waals surface area contributed by atoms with Crippen molar-refractivity contribution in [3.63, 3.8) is 0 Å². The van der Waals surface area contributed by atoms with Gasteiger partial charge in [-0.3, -0.25) is 4.79 Å². The number of benzene rings is 1. The lowest BCUT2D eigenvalue weighted by molar-refractivity contribution is -0.143. The Labute approximate surface area is 105 Å². The van der Waals surface area contributed by atoms with E-state index in [1.54, 1.807) is 12.1 Å². The number of Topliss-reactive ketones (excluding diaryl/α,β-unsaturated/α-hetero) is 1. The highest BCUT2D eigenvalue weighted by Crippen LogP contribution is 2.26. The molecular formula is C14H14O4. The first kappa shape index (κ1) is 11.3. The zero-order chi connectivity index (χ0) is 12.5. The van der Waals surface area contributed by atoms with Crippen LogP contribution < -0.4 is 4.74 Å². The van der Waals surface area contributed by atoms with Gasteiger partial charge in [0.25, 0.3) is 0 Å². The number of carbonyl (C=O) groups excluding carboxylic acids is 2. The lowest BCUT2D eigenvalue weighted by Crippen LogP contribution is -2.22. The van der Waals surface area contributed by atoms with Crippen molar-refractivity contribution < 1.29 is 19.1 Å². The van der Waals surface area contributed by atoms with E-state index in [-0.39, 0.29) is 11.8 Å². The third-order valence-corrected chi connectivity index (χ3v) is 3.39. The number of aryl methyl sites for hydroxylation is 1. The summed E-state index contributed by atoms with van der Waals surface area (Å²) in [4.78, 5) is 23.0. The maximum absolute atomic E-state index is 11.7. The van der Waals surface area contributed by atoms with Gasteiger partial charge in [0.2, 0.25) is 0 Å². The predicted octanol–water partition coefficient (Wildman–Crippen LogP) is 1.90. The van der Waals surface area contributed by atoms with Crippen molar-refractivity contribution in [1.29, 1.82) is 0 Å². The first-order valence-electron chi connectivity index (χ1n) is 6.23. The number of fused-ring (bicyclic) bond motifs is 1. The molecule has 0 bridgehead atoms. The highest BCUT2D eigenvalue weighted by molar-refractivity contribution is 5.98. The standard InChI is InChI=1S/C14H14O4/c15-12-3-1-2-9-8-10(4-5-11(9)12)18-13-6-7-17-14(13)16/h4-5,8,13H,1-3,6-7H2. The van der Waals surface area contributed by atoms with Crippen molar-refractivity contribution in [2.24, 2.45) is 0 Å². The molecule has 0 radical (unpaired) electrons. The molecule has 1 aromatic rings. The third-order valence-electron chi connectivity index (χ3n) is 3.39. The molecule has 1 aromatic carbocycles. The minimum atomic E-state index is -0.498. The van der Waals surface area contributed by atoms with Crippen LogP contribution in [0.4, 0.5) is 0 Å². The van der Waals surface area contributed by atoms with Gasteiger partial charge in [-0.05, 0) is 36.6 Å². The van der Waals surface area contributed by atoms with Crippen LogP contribution in [0, 0.1) is 0 Å². The highest BCUT2D eigenvalue weighted by atomic mass is 16.6. The van der Waals surface area contributed by atoms with Gasteiger partial charge in [0.1, 0.15) is 5.75 Å². The van der Waals surface area contributed by atoms with Crippen LogP contribution in [0.5, 0.6) is 5.75 Å². The zero-order valence-electron chi connectivity index (χ0n) is 9.98. The van der Waals surface area contributed by atoms with E-state index < -0.39 is 6.10 Å². The summed E-state index contributed by atoms with van der Waals surface area (Å²) in [5.74, 6) is 0.541. The van der Waals surface area contributed by atoms with Crippen molar-refractivity contribution in [1.82, 2.24) is 0 Å². The summed E-state index contributed by atoms with van der Waals surface area (Å²) in [6, 6.07) is 5.43. The van der Waals surface area contributed by atoms with E-state index in [0.717, 1.165) is 24.0 Å². The van der Waals surface area contributed by atoms with E-state index >= 15 is 0 Å². The fraction of sp³-hybridized carbons (Fsp3) is 0.429. The first-order valence-corrected chi connectivity index (χ1v) is 6.23. The number of ether oxygens (including phenoxy) is 2. The molecule has 0 aromatic heterocycles. The molecule has 1 aliphatic carbocycles. The van der Waals surface area contributed by atoms with Gasteiger partial charge in [-0.2, -0.15) is 0 Å². The number of esters is 1. The molecule has 4 heteroatoms. The molecule has 4 nitrogen and oxygen atoms in total. The minimum Gasteiger partial charge on any atom is -0.479 e. The van der Waals surface area contributed by atoms with Gasteiger partial charge in [0.05, 0.1) is 6.61 Å². The Balaban J connectivity index is 1.81. The molecule has 1 aliphatic heterocycles. The SMILES string of the molecule is O=C1CCCc2cc(OC3CCOC3=O)ccc21. The first-order chi connectivity index (χ1) is 8.74. The molecule has 1 atom stereocenters. The van der Waals surface area contributed by atoms with E-state index in [1.165, 1.54) is 0 Å². The number of carbonyl (C=O) groups is 2. The van der Waals surface area contributed by atoms with Gasteiger partial charge in [-0.15, -0.1) is 0 Å². The van der Waals surface area contributed by atoms with Gasteiger partial charge in [0.15, 0.2) is 11.9 Å². The van der Waals surface area contributed by atoms with Crippen LogP contribution in [-0.4, -0.2) is 24.5 Å². The number of hydrogen-bond donors (Lipinski definition) is 0. The lowest BCUT2D eigenvalue weighted by atomic mass is 9.90. The Hall–Kier alpha value is -1.84. The molecule has 1 fully saturated rings. The van der Waals surface area contributed by atoms with Gasteiger partial charge in [0, 0.05) is 18.4 Å². The largest absolute Gasteiger partial charge is 0.479 e. The summed E-state index contributed by atoms with van der Waals surface area (Å²) in [7, 11) is 0. The van der Waals surface area contributed by atoms with Crippen LogP contribution in [0.15, 0.2) is 18.2 Å². The molecule has 1 saturated heterocycles. The average molecular weight is 246 g/mol. The van der Waals surface area contributed by atoms with Crippen LogP contribution in [0.25, 0.3) is 0 Å².